The Morgan fingerprint density at radius 3 is 3.06 bits per heavy atom. The number of aliphatic hydroxyl groups excluding tert-OH is 1. The molecule has 1 aromatic heterocycles. The maximum Gasteiger partial charge on any atom is 0.407 e. The van der Waals surface area contributed by atoms with Gasteiger partial charge in [0.25, 0.3) is 0 Å². The van der Waals surface area contributed by atoms with E-state index in [1.165, 1.54) is 0 Å². The number of thiazole rings is 1. The highest BCUT2D eigenvalue weighted by molar-refractivity contribution is 7.09. The summed E-state index contributed by atoms with van der Waals surface area (Å²) in [5.41, 5.74) is 0. The summed E-state index contributed by atoms with van der Waals surface area (Å²) in [6, 6.07) is -0.0178. The van der Waals surface area contributed by atoms with Gasteiger partial charge in [-0.3, -0.25) is 0 Å². The molecule has 1 amide bonds. The van der Waals surface area contributed by atoms with E-state index in [0.717, 1.165) is 17.8 Å². The zero-order chi connectivity index (χ0) is 12.7. The highest BCUT2D eigenvalue weighted by Gasteiger charge is 2.48. The van der Waals surface area contributed by atoms with Crippen LogP contribution in [0.25, 0.3) is 0 Å². The Morgan fingerprint density at radius 2 is 2.39 bits per heavy atom. The second-order valence-corrected chi connectivity index (χ2v) is 6.16. The molecule has 6 heteroatoms. The summed E-state index contributed by atoms with van der Waals surface area (Å²) in [7, 11) is 0. The first-order valence-electron chi connectivity index (χ1n) is 6.21. The number of aromatic nitrogens is 1. The molecule has 1 saturated heterocycles. The Balaban J connectivity index is 1.80. The Hall–Kier alpha value is -1.14. The van der Waals surface area contributed by atoms with Gasteiger partial charge in [0.05, 0.1) is 11.1 Å². The fourth-order valence-electron chi connectivity index (χ4n) is 3.44. The van der Waals surface area contributed by atoms with E-state index in [2.05, 4.69) is 4.98 Å². The topological polar surface area (TPSA) is 73.7 Å². The summed E-state index contributed by atoms with van der Waals surface area (Å²) < 4.78 is 0. The lowest BCUT2D eigenvalue weighted by Gasteiger charge is -2.25. The number of hydrogen-bond acceptors (Lipinski definition) is 4. The van der Waals surface area contributed by atoms with Gasteiger partial charge in [-0.2, -0.15) is 0 Å². The van der Waals surface area contributed by atoms with Crippen molar-refractivity contribution < 1.29 is 15.0 Å². The van der Waals surface area contributed by atoms with E-state index >= 15 is 0 Å². The van der Waals surface area contributed by atoms with Gasteiger partial charge in [-0.1, -0.05) is 0 Å². The van der Waals surface area contributed by atoms with Gasteiger partial charge in [0.2, 0.25) is 0 Å². The van der Waals surface area contributed by atoms with Crippen LogP contribution in [0.3, 0.4) is 0 Å². The van der Waals surface area contributed by atoms with Gasteiger partial charge in [0.1, 0.15) is 0 Å². The molecule has 5 nitrogen and oxygen atoms in total. The van der Waals surface area contributed by atoms with E-state index in [1.807, 2.05) is 5.38 Å². The van der Waals surface area contributed by atoms with E-state index in [-0.39, 0.29) is 12.1 Å². The van der Waals surface area contributed by atoms with E-state index in [1.54, 1.807) is 22.4 Å². The van der Waals surface area contributed by atoms with Gasteiger partial charge in [0, 0.05) is 30.6 Å². The standard InChI is InChI=1S/C12H16N2O3S/c15-8-3-7-6-14(12(16)17)10(9(7)4-8)5-11-13-1-2-18-11/h1-2,7-10,15H,3-6H2,(H,16,17)/t7-,8+,9-,10?/m0/s1. The number of hydrogen-bond donors (Lipinski definition) is 2. The smallest absolute Gasteiger partial charge is 0.407 e. The molecule has 2 N–H and O–H groups in total. The summed E-state index contributed by atoms with van der Waals surface area (Å²) in [6.07, 6.45) is 2.79. The molecule has 2 aliphatic rings. The van der Waals surface area contributed by atoms with Crippen molar-refractivity contribution in [2.45, 2.75) is 31.4 Å². The molecule has 1 aliphatic heterocycles. The van der Waals surface area contributed by atoms with Crippen molar-refractivity contribution in [1.29, 1.82) is 0 Å². The molecule has 4 atom stereocenters. The number of likely N-dealkylation sites (tertiary alicyclic amines) is 1. The maximum atomic E-state index is 11.3. The van der Waals surface area contributed by atoms with Crippen LogP contribution in [0, 0.1) is 11.8 Å². The summed E-state index contributed by atoms with van der Waals surface area (Å²) in [5.74, 6) is 0.612. The fraction of sp³-hybridized carbons (Fsp3) is 0.667. The molecule has 0 spiro atoms. The van der Waals surface area contributed by atoms with Crippen LogP contribution in [0.2, 0.25) is 0 Å². The second-order valence-electron chi connectivity index (χ2n) is 5.18. The van der Waals surface area contributed by atoms with Crippen molar-refractivity contribution in [3.63, 3.8) is 0 Å². The molecule has 1 unspecified atom stereocenters. The van der Waals surface area contributed by atoms with Crippen LogP contribution in [0.1, 0.15) is 17.8 Å². The first kappa shape index (κ1) is 11.9. The zero-order valence-corrected chi connectivity index (χ0v) is 10.7. The van der Waals surface area contributed by atoms with Crippen molar-refractivity contribution >= 4 is 17.4 Å². The van der Waals surface area contributed by atoms with Crippen LogP contribution in [0.5, 0.6) is 0 Å². The lowest BCUT2D eigenvalue weighted by Crippen LogP contribution is -2.39. The van der Waals surface area contributed by atoms with Gasteiger partial charge in [0.15, 0.2) is 0 Å². The number of carbonyl (C=O) groups is 1. The van der Waals surface area contributed by atoms with Crippen LogP contribution < -0.4 is 0 Å². The fourth-order valence-corrected chi connectivity index (χ4v) is 4.11. The number of aliphatic hydroxyl groups is 1. The Labute approximate surface area is 109 Å². The van der Waals surface area contributed by atoms with Gasteiger partial charge < -0.3 is 15.1 Å². The highest BCUT2D eigenvalue weighted by Crippen LogP contribution is 2.43. The molecular weight excluding hydrogens is 252 g/mol. The maximum absolute atomic E-state index is 11.3. The Morgan fingerprint density at radius 1 is 1.56 bits per heavy atom. The molecule has 0 aromatic carbocycles. The third kappa shape index (κ3) is 1.99. The minimum Gasteiger partial charge on any atom is -0.465 e. The van der Waals surface area contributed by atoms with E-state index < -0.39 is 6.09 Å². The SMILES string of the molecule is O=C(O)N1C[C@@H]2C[C@@H](O)C[C@@H]2C1Cc1nccs1. The zero-order valence-electron chi connectivity index (χ0n) is 9.90. The monoisotopic (exact) mass is 268 g/mol. The molecule has 1 saturated carbocycles. The number of amides is 1. The second kappa shape index (κ2) is 4.51. The highest BCUT2D eigenvalue weighted by atomic mass is 32.1. The Kier molecular flexibility index (Phi) is 2.99. The van der Waals surface area contributed by atoms with Crippen molar-refractivity contribution in [3.8, 4) is 0 Å². The number of carboxylic acid groups (broad SMARTS) is 1. The van der Waals surface area contributed by atoms with Crippen LogP contribution in [0.4, 0.5) is 4.79 Å². The minimum atomic E-state index is -0.847. The van der Waals surface area contributed by atoms with Gasteiger partial charge in [-0.25, -0.2) is 9.78 Å². The van der Waals surface area contributed by atoms with Crippen LogP contribution >= 0.6 is 11.3 Å². The van der Waals surface area contributed by atoms with Crippen LogP contribution in [-0.4, -0.2) is 44.9 Å². The number of fused-ring (bicyclic) bond motifs is 1. The molecule has 0 radical (unpaired) electrons. The number of nitrogens with zero attached hydrogens (tertiary/aromatic N) is 2. The summed E-state index contributed by atoms with van der Waals surface area (Å²) in [6.45, 7) is 0.563. The van der Waals surface area contributed by atoms with E-state index in [9.17, 15) is 15.0 Å². The average molecular weight is 268 g/mol. The van der Waals surface area contributed by atoms with E-state index in [4.69, 9.17) is 0 Å². The van der Waals surface area contributed by atoms with Gasteiger partial charge in [-0.15, -0.1) is 11.3 Å². The molecule has 0 bridgehead atoms. The molecule has 3 rings (SSSR count). The molecule has 2 heterocycles. The molecule has 1 aliphatic carbocycles. The first-order valence-corrected chi connectivity index (χ1v) is 7.09. The molecule has 98 valence electrons. The van der Waals surface area contributed by atoms with Crippen molar-refractivity contribution in [3.05, 3.63) is 16.6 Å². The third-order valence-corrected chi connectivity index (χ3v) is 4.97. The summed E-state index contributed by atoms with van der Waals surface area (Å²) >= 11 is 1.57. The lowest BCUT2D eigenvalue weighted by atomic mass is 9.92. The largest absolute Gasteiger partial charge is 0.465 e. The quantitative estimate of drug-likeness (QED) is 0.851. The molecular formula is C12H16N2O3S. The van der Waals surface area contributed by atoms with Gasteiger partial charge in [-0.05, 0) is 24.7 Å². The first-order chi connectivity index (χ1) is 8.65. The van der Waals surface area contributed by atoms with E-state index in [0.29, 0.717) is 24.8 Å². The molecule has 18 heavy (non-hydrogen) atoms. The average Bonchev–Trinajstić information content (AvgIpc) is 2.96. The normalized spacial score (nSPS) is 34.8. The lowest BCUT2D eigenvalue weighted by molar-refractivity contribution is 0.118. The van der Waals surface area contributed by atoms with Crippen molar-refractivity contribution in [2.75, 3.05) is 6.54 Å². The summed E-state index contributed by atoms with van der Waals surface area (Å²) in [5, 5.41) is 21.9. The predicted octanol–water partition coefficient (Wildman–Crippen LogP) is 1.43. The molecule has 1 aromatic rings. The molecule has 2 fully saturated rings. The van der Waals surface area contributed by atoms with Crippen LogP contribution in [0.15, 0.2) is 11.6 Å². The number of rotatable bonds is 2. The van der Waals surface area contributed by atoms with Crippen molar-refractivity contribution in [1.82, 2.24) is 9.88 Å². The third-order valence-electron chi connectivity index (χ3n) is 4.16. The van der Waals surface area contributed by atoms with Gasteiger partial charge >= 0.3 is 6.09 Å². The minimum absolute atomic E-state index is 0.0178. The Bertz CT molecular complexity index is 437. The predicted molar refractivity (Wildman–Crippen MR) is 66.6 cm³/mol. The summed E-state index contributed by atoms with van der Waals surface area (Å²) in [4.78, 5) is 17.1. The van der Waals surface area contributed by atoms with Crippen LogP contribution in [-0.2, 0) is 6.42 Å². The van der Waals surface area contributed by atoms with Crippen molar-refractivity contribution in [2.24, 2.45) is 11.8 Å².